The summed E-state index contributed by atoms with van der Waals surface area (Å²) in [4.78, 5) is 11.0. The van der Waals surface area contributed by atoms with Crippen molar-refractivity contribution in [2.45, 2.75) is 39.8 Å². The lowest BCUT2D eigenvalue weighted by Gasteiger charge is -2.15. The quantitative estimate of drug-likeness (QED) is 0.185. The first kappa shape index (κ1) is 25.0. The number of rotatable bonds is 9. The van der Waals surface area contributed by atoms with Gasteiger partial charge >= 0.3 is 13.8 Å². The van der Waals surface area contributed by atoms with Crippen molar-refractivity contribution < 1.29 is 36.7 Å². The Morgan fingerprint density at radius 1 is 1.24 bits per heavy atom. The van der Waals surface area contributed by atoms with Gasteiger partial charge < -0.3 is 14.2 Å². The zero-order valence-corrected chi connectivity index (χ0v) is 17.4. The molecular weight excluding hydrogens is 408 g/mol. The second-order valence-corrected chi connectivity index (χ2v) is 8.18. The van der Waals surface area contributed by atoms with Crippen LogP contribution in [0.5, 0.6) is 0 Å². The lowest BCUT2D eigenvalue weighted by atomic mass is 10.0. The molecule has 1 aromatic rings. The molecule has 160 valence electrons. The number of halogens is 3. The fourth-order valence-electron chi connectivity index (χ4n) is 2.28. The minimum atomic E-state index is -5.05. The van der Waals surface area contributed by atoms with Crippen LogP contribution in [0.15, 0.2) is 24.3 Å². The number of aliphatic hydroxyl groups excluding tert-OH is 1. The Morgan fingerprint density at radius 3 is 2.41 bits per heavy atom. The molecule has 29 heavy (non-hydrogen) atoms. The molecule has 5 nitrogen and oxygen atoms in total. The summed E-state index contributed by atoms with van der Waals surface area (Å²) in [6.07, 6.45) is -3.80. The SMILES string of the molecule is CCOP(=O)(CCCC#Cc1cc(C(O)=CC(=O)C(F)(F)F)ccc1C)OCC. The van der Waals surface area contributed by atoms with Crippen LogP contribution in [0.2, 0.25) is 0 Å². The summed E-state index contributed by atoms with van der Waals surface area (Å²) < 4.78 is 59.7. The standard InChI is InChI=1S/C20H24F3O5P/c1-4-27-29(26,28-5-2)12-8-6-7-9-16-13-17(11-10-15(16)3)18(24)14-19(25)20(21,22)23/h10-11,13-14,24H,4-6,8,12H2,1-3H3. The first-order chi connectivity index (χ1) is 13.5. The summed E-state index contributed by atoms with van der Waals surface area (Å²) in [5.41, 5.74) is 1.31. The molecule has 0 aliphatic heterocycles. The average molecular weight is 432 g/mol. The van der Waals surface area contributed by atoms with E-state index in [1.54, 1.807) is 26.8 Å². The Kier molecular flexibility index (Phi) is 9.64. The number of hydrogen-bond donors (Lipinski definition) is 1. The molecule has 0 spiro atoms. The summed E-state index contributed by atoms with van der Waals surface area (Å²) >= 11 is 0. The molecule has 0 aromatic heterocycles. The molecule has 0 fully saturated rings. The minimum Gasteiger partial charge on any atom is -0.507 e. The molecule has 0 bridgehead atoms. The molecule has 0 aliphatic rings. The molecule has 0 saturated heterocycles. The van der Waals surface area contributed by atoms with Crippen LogP contribution in [-0.2, 0) is 18.4 Å². The van der Waals surface area contributed by atoms with Gasteiger partial charge in [0.05, 0.1) is 19.4 Å². The number of allylic oxidation sites excluding steroid dienone is 1. The maximum Gasteiger partial charge on any atom is 0.454 e. The van der Waals surface area contributed by atoms with E-state index in [-0.39, 0.29) is 31.0 Å². The second-order valence-electron chi connectivity index (χ2n) is 6.00. The monoisotopic (exact) mass is 432 g/mol. The predicted molar refractivity (Wildman–Crippen MR) is 105 cm³/mol. The zero-order valence-electron chi connectivity index (χ0n) is 16.5. The summed E-state index contributed by atoms with van der Waals surface area (Å²) in [5, 5.41) is 9.80. The molecular formula is C20H24F3O5P. The number of benzene rings is 1. The highest BCUT2D eigenvalue weighted by Crippen LogP contribution is 2.48. The van der Waals surface area contributed by atoms with Crippen molar-refractivity contribution in [3.05, 3.63) is 41.0 Å². The molecule has 1 rings (SSSR count). The lowest BCUT2D eigenvalue weighted by molar-refractivity contribution is -0.165. The average Bonchev–Trinajstić information content (AvgIpc) is 2.62. The van der Waals surface area contributed by atoms with E-state index in [9.17, 15) is 27.6 Å². The first-order valence-corrected chi connectivity index (χ1v) is 10.7. The fraction of sp³-hybridized carbons (Fsp3) is 0.450. The molecule has 1 aromatic carbocycles. The van der Waals surface area contributed by atoms with Crippen LogP contribution in [0.1, 0.15) is 43.4 Å². The summed E-state index contributed by atoms with van der Waals surface area (Å²) in [7, 11) is -3.12. The topological polar surface area (TPSA) is 72.8 Å². The van der Waals surface area contributed by atoms with E-state index in [1.165, 1.54) is 12.1 Å². The number of ketones is 1. The number of aliphatic hydroxyl groups is 1. The molecule has 0 unspecified atom stereocenters. The Labute approximate surface area is 168 Å². The van der Waals surface area contributed by atoms with Crippen molar-refractivity contribution >= 4 is 19.1 Å². The summed E-state index contributed by atoms with van der Waals surface area (Å²) in [5.74, 6) is 2.85. The van der Waals surface area contributed by atoms with Gasteiger partial charge in [-0.25, -0.2) is 0 Å². The zero-order chi connectivity index (χ0) is 22.1. The highest BCUT2D eigenvalue weighted by molar-refractivity contribution is 7.53. The van der Waals surface area contributed by atoms with Gasteiger partial charge in [0, 0.05) is 23.6 Å². The molecule has 9 heteroatoms. The van der Waals surface area contributed by atoms with Crippen LogP contribution in [0, 0.1) is 18.8 Å². The molecule has 1 N–H and O–H groups in total. The van der Waals surface area contributed by atoms with Crippen molar-refractivity contribution in [1.29, 1.82) is 0 Å². The van der Waals surface area contributed by atoms with E-state index in [1.807, 2.05) is 0 Å². The van der Waals surface area contributed by atoms with Crippen LogP contribution in [0.3, 0.4) is 0 Å². The normalized spacial score (nSPS) is 12.4. The number of unbranched alkanes of at least 4 members (excludes halogenated alkanes) is 1. The third-order valence-electron chi connectivity index (χ3n) is 3.69. The van der Waals surface area contributed by atoms with Crippen molar-refractivity contribution in [2.75, 3.05) is 19.4 Å². The maximum atomic E-state index is 12.3. The van der Waals surface area contributed by atoms with E-state index in [2.05, 4.69) is 11.8 Å². The Bertz CT molecular complexity index is 840. The summed E-state index contributed by atoms with van der Waals surface area (Å²) in [6, 6.07) is 4.39. The van der Waals surface area contributed by atoms with Crippen molar-refractivity contribution in [1.82, 2.24) is 0 Å². The van der Waals surface area contributed by atoms with Crippen LogP contribution in [-0.4, -0.2) is 36.4 Å². The molecule has 0 atom stereocenters. The van der Waals surface area contributed by atoms with Crippen molar-refractivity contribution in [2.24, 2.45) is 0 Å². The van der Waals surface area contributed by atoms with Crippen LogP contribution in [0.25, 0.3) is 5.76 Å². The lowest BCUT2D eigenvalue weighted by Crippen LogP contribution is -2.20. The van der Waals surface area contributed by atoms with Crippen LogP contribution < -0.4 is 0 Å². The van der Waals surface area contributed by atoms with Gasteiger partial charge in [-0.1, -0.05) is 24.0 Å². The fourth-order valence-corrected chi connectivity index (χ4v) is 3.95. The smallest absolute Gasteiger partial charge is 0.454 e. The molecule has 0 radical (unpaired) electrons. The number of aryl methyl sites for hydroxylation is 1. The van der Waals surface area contributed by atoms with E-state index >= 15 is 0 Å². The van der Waals surface area contributed by atoms with Crippen molar-refractivity contribution in [3.8, 4) is 11.8 Å². The van der Waals surface area contributed by atoms with Gasteiger partial charge in [0.15, 0.2) is 0 Å². The molecule has 0 amide bonds. The Hall–Kier alpha value is -2.07. The summed E-state index contributed by atoms with van der Waals surface area (Å²) in [6.45, 7) is 5.78. The van der Waals surface area contributed by atoms with E-state index in [4.69, 9.17) is 9.05 Å². The van der Waals surface area contributed by atoms with Gasteiger partial charge in [-0.15, -0.1) is 0 Å². The maximum absolute atomic E-state index is 12.3. The number of carbonyl (C=O) groups excluding carboxylic acids is 1. The molecule has 0 saturated carbocycles. The number of hydrogen-bond acceptors (Lipinski definition) is 5. The van der Waals surface area contributed by atoms with Gasteiger partial charge in [0.25, 0.3) is 5.78 Å². The third-order valence-corrected chi connectivity index (χ3v) is 5.86. The minimum absolute atomic E-state index is 0.0506. The Balaban J connectivity index is 2.85. The van der Waals surface area contributed by atoms with E-state index in [0.717, 1.165) is 5.56 Å². The predicted octanol–water partition coefficient (Wildman–Crippen LogP) is 5.42. The van der Waals surface area contributed by atoms with E-state index < -0.39 is 25.3 Å². The van der Waals surface area contributed by atoms with Crippen LogP contribution in [0.4, 0.5) is 13.2 Å². The Morgan fingerprint density at radius 2 is 1.86 bits per heavy atom. The highest BCUT2D eigenvalue weighted by Gasteiger charge is 2.37. The number of alkyl halides is 3. The van der Waals surface area contributed by atoms with Gasteiger partial charge in [-0.2, -0.15) is 13.2 Å². The van der Waals surface area contributed by atoms with Gasteiger partial charge in [-0.05, 0) is 38.8 Å². The molecule has 0 aliphatic carbocycles. The largest absolute Gasteiger partial charge is 0.507 e. The first-order valence-electron chi connectivity index (χ1n) is 9.02. The van der Waals surface area contributed by atoms with Gasteiger partial charge in [0.1, 0.15) is 5.76 Å². The van der Waals surface area contributed by atoms with Crippen molar-refractivity contribution in [3.63, 3.8) is 0 Å². The van der Waals surface area contributed by atoms with Gasteiger partial charge in [-0.3, -0.25) is 9.36 Å². The van der Waals surface area contributed by atoms with E-state index in [0.29, 0.717) is 18.4 Å². The van der Waals surface area contributed by atoms with Gasteiger partial charge in [0.2, 0.25) is 0 Å². The molecule has 0 heterocycles. The third kappa shape index (κ3) is 8.45. The van der Waals surface area contributed by atoms with Crippen LogP contribution >= 0.6 is 7.60 Å². The second kappa shape index (κ2) is 11.2. The highest BCUT2D eigenvalue weighted by atomic mass is 31.2. The number of carbonyl (C=O) groups is 1.